The van der Waals surface area contributed by atoms with Gasteiger partial charge in [0.05, 0.1) is 0 Å². The van der Waals surface area contributed by atoms with Crippen LogP contribution in [0.5, 0.6) is 0 Å². The molecule has 1 rings (SSSR count). The molecule has 0 saturated heterocycles. The van der Waals surface area contributed by atoms with E-state index in [1.807, 2.05) is 24.3 Å². The lowest BCUT2D eigenvalue weighted by Crippen LogP contribution is -2.41. The molecule has 0 heterocycles. The van der Waals surface area contributed by atoms with Crippen LogP contribution in [0.1, 0.15) is 53.0 Å². The highest BCUT2D eigenvalue weighted by Crippen LogP contribution is 2.31. The molecule has 0 aliphatic rings. The third-order valence-electron chi connectivity index (χ3n) is 3.95. The molecule has 0 bridgehead atoms. The molecule has 0 saturated carbocycles. The average molecular weight is 318 g/mol. The molecule has 0 aromatic heterocycles. The van der Waals surface area contributed by atoms with E-state index in [-0.39, 0.29) is 23.8 Å². The second-order valence-electron chi connectivity index (χ2n) is 7.04. The summed E-state index contributed by atoms with van der Waals surface area (Å²) in [4.78, 5) is 27.9. The normalized spacial score (nSPS) is 11.2. The topological polar surface area (TPSA) is 40.6 Å². The molecule has 0 radical (unpaired) electrons. The zero-order valence-electron chi connectivity index (χ0n) is 15.3. The lowest BCUT2D eigenvalue weighted by atomic mass is 9.85. The van der Waals surface area contributed by atoms with Crippen LogP contribution in [-0.2, 0) is 15.0 Å². The van der Waals surface area contributed by atoms with Crippen molar-refractivity contribution in [3.05, 3.63) is 29.8 Å². The number of likely N-dealkylation sites (N-methyl/N-ethyl adjacent to an activating group) is 1. The van der Waals surface area contributed by atoms with E-state index < -0.39 is 0 Å². The molecule has 0 atom stereocenters. The van der Waals surface area contributed by atoms with Gasteiger partial charge >= 0.3 is 0 Å². The van der Waals surface area contributed by atoms with Gasteiger partial charge in [-0.3, -0.25) is 9.59 Å². The first kappa shape index (κ1) is 19.2. The number of hydrogen-bond acceptors (Lipinski definition) is 2. The van der Waals surface area contributed by atoms with Gasteiger partial charge < -0.3 is 9.80 Å². The SMILES string of the molecule is CCCCN(C)C(=O)CN(C(C)=O)c1ccccc1C(C)(C)C. The minimum absolute atomic E-state index is 0.0302. The van der Waals surface area contributed by atoms with Crippen LogP contribution < -0.4 is 4.90 Å². The second kappa shape index (κ2) is 8.14. The van der Waals surface area contributed by atoms with Crippen LogP contribution in [0.25, 0.3) is 0 Å². The summed E-state index contributed by atoms with van der Waals surface area (Å²) in [6.45, 7) is 10.8. The van der Waals surface area contributed by atoms with Gasteiger partial charge in [0, 0.05) is 26.2 Å². The molecular weight excluding hydrogens is 288 g/mol. The number of carbonyl (C=O) groups is 2. The third-order valence-corrected chi connectivity index (χ3v) is 3.95. The number of nitrogens with zero attached hydrogens (tertiary/aromatic N) is 2. The largest absolute Gasteiger partial charge is 0.344 e. The van der Waals surface area contributed by atoms with Gasteiger partial charge in [-0.25, -0.2) is 0 Å². The fourth-order valence-electron chi connectivity index (χ4n) is 2.49. The Kier molecular flexibility index (Phi) is 6.79. The summed E-state index contributed by atoms with van der Waals surface area (Å²) < 4.78 is 0. The highest BCUT2D eigenvalue weighted by atomic mass is 16.2. The average Bonchev–Trinajstić information content (AvgIpc) is 2.48. The number of rotatable bonds is 6. The number of hydrogen-bond donors (Lipinski definition) is 0. The van der Waals surface area contributed by atoms with Crippen molar-refractivity contribution in [2.45, 2.75) is 52.9 Å². The molecule has 0 N–H and O–H groups in total. The lowest BCUT2D eigenvalue weighted by molar-refractivity contribution is -0.130. The molecule has 0 spiro atoms. The molecule has 4 nitrogen and oxygen atoms in total. The Morgan fingerprint density at radius 1 is 1.13 bits per heavy atom. The Labute approximate surface area is 140 Å². The number of amides is 2. The summed E-state index contributed by atoms with van der Waals surface area (Å²) in [6.07, 6.45) is 2.02. The third kappa shape index (κ3) is 5.38. The zero-order valence-corrected chi connectivity index (χ0v) is 15.3. The number of anilines is 1. The summed E-state index contributed by atoms with van der Waals surface area (Å²) in [5, 5.41) is 0. The highest BCUT2D eigenvalue weighted by molar-refractivity contribution is 5.98. The first-order valence-corrected chi connectivity index (χ1v) is 8.30. The summed E-state index contributed by atoms with van der Waals surface area (Å²) in [5.74, 6) is -0.142. The number of unbranched alkanes of at least 4 members (excludes halogenated alkanes) is 1. The van der Waals surface area contributed by atoms with Crippen molar-refractivity contribution in [3.8, 4) is 0 Å². The Morgan fingerprint density at radius 2 is 1.74 bits per heavy atom. The maximum absolute atomic E-state index is 12.4. The smallest absolute Gasteiger partial charge is 0.242 e. The van der Waals surface area contributed by atoms with E-state index in [0.717, 1.165) is 30.6 Å². The minimum Gasteiger partial charge on any atom is -0.344 e. The van der Waals surface area contributed by atoms with Crippen LogP contribution in [0.3, 0.4) is 0 Å². The van der Waals surface area contributed by atoms with Gasteiger partial charge in [-0.2, -0.15) is 0 Å². The van der Waals surface area contributed by atoms with Crippen LogP contribution in [0.2, 0.25) is 0 Å². The predicted molar refractivity (Wildman–Crippen MR) is 95.7 cm³/mol. The van der Waals surface area contributed by atoms with E-state index in [4.69, 9.17) is 0 Å². The molecule has 0 aliphatic heterocycles. The lowest BCUT2D eigenvalue weighted by Gasteiger charge is -2.30. The van der Waals surface area contributed by atoms with Gasteiger partial charge in [-0.15, -0.1) is 0 Å². The van der Waals surface area contributed by atoms with E-state index in [1.54, 1.807) is 16.8 Å². The van der Waals surface area contributed by atoms with Crippen LogP contribution >= 0.6 is 0 Å². The van der Waals surface area contributed by atoms with Crippen molar-refractivity contribution < 1.29 is 9.59 Å². The zero-order chi connectivity index (χ0) is 17.6. The fraction of sp³-hybridized carbons (Fsp3) is 0.579. The van der Waals surface area contributed by atoms with Crippen molar-refractivity contribution in [1.82, 2.24) is 4.90 Å². The van der Waals surface area contributed by atoms with E-state index in [2.05, 4.69) is 27.7 Å². The second-order valence-corrected chi connectivity index (χ2v) is 7.04. The fourth-order valence-corrected chi connectivity index (χ4v) is 2.49. The molecule has 0 aliphatic carbocycles. The molecule has 0 unspecified atom stereocenters. The number of para-hydroxylation sites is 1. The number of benzene rings is 1. The Bertz CT molecular complexity index is 547. The van der Waals surface area contributed by atoms with Crippen molar-refractivity contribution in [3.63, 3.8) is 0 Å². The summed E-state index contributed by atoms with van der Waals surface area (Å²) in [7, 11) is 1.80. The first-order valence-electron chi connectivity index (χ1n) is 8.30. The van der Waals surface area contributed by atoms with Crippen molar-refractivity contribution in [2.75, 3.05) is 25.0 Å². The monoisotopic (exact) mass is 318 g/mol. The van der Waals surface area contributed by atoms with Crippen molar-refractivity contribution in [1.29, 1.82) is 0 Å². The van der Waals surface area contributed by atoms with E-state index in [0.29, 0.717) is 0 Å². The van der Waals surface area contributed by atoms with E-state index >= 15 is 0 Å². The van der Waals surface area contributed by atoms with Gasteiger partial charge in [-0.1, -0.05) is 52.3 Å². The summed E-state index contributed by atoms with van der Waals surface area (Å²) >= 11 is 0. The van der Waals surface area contributed by atoms with Gasteiger partial charge in [0.1, 0.15) is 6.54 Å². The Hall–Kier alpha value is -1.84. The van der Waals surface area contributed by atoms with Gasteiger partial charge in [0.15, 0.2) is 0 Å². The van der Waals surface area contributed by atoms with Gasteiger partial charge in [0.25, 0.3) is 0 Å². The Balaban J connectivity index is 3.05. The highest BCUT2D eigenvalue weighted by Gasteiger charge is 2.25. The molecule has 128 valence electrons. The molecule has 2 amide bonds. The molecule has 4 heteroatoms. The molecular formula is C19H30N2O2. The van der Waals surface area contributed by atoms with Crippen molar-refractivity contribution >= 4 is 17.5 Å². The van der Waals surface area contributed by atoms with Crippen molar-refractivity contribution in [2.24, 2.45) is 0 Å². The van der Waals surface area contributed by atoms with Crippen LogP contribution in [-0.4, -0.2) is 36.9 Å². The first-order chi connectivity index (χ1) is 10.7. The van der Waals surface area contributed by atoms with E-state index in [9.17, 15) is 9.59 Å². The quantitative estimate of drug-likeness (QED) is 0.804. The van der Waals surface area contributed by atoms with Crippen LogP contribution in [0.4, 0.5) is 5.69 Å². The van der Waals surface area contributed by atoms with Crippen LogP contribution in [0, 0.1) is 0 Å². The summed E-state index contributed by atoms with van der Waals surface area (Å²) in [6, 6.07) is 7.82. The molecule has 1 aromatic carbocycles. The molecule has 1 aromatic rings. The van der Waals surface area contributed by atoms with Gasteiger partial charge in [-0.05, 0) is 23.5 Å². The Morgan fingerprint density at radius 3 is 2.26 bits per heavy atom. The maximum Gasteiger partial charge on any atom is 0.242 e. The standard InChI is InChI=1S/C19H30N2O2/c1-7-8-13-20(6)18(23)14-21(15(2)22)17-12-10-9-11-16(17)19(3,4)5/h9-12H,7-8,13-14H2,1-6H3. The minimum atomic E-state index is -0.112. The van der Waals surface area contributed by atoms with E-state index in [1.165, 1.54) is 6.92 Å². The molecule has 0 fully saturated rings. The van der Waals surface area contributed by atoms with Gasteiger partial charge in [0.2, 0.25) is 11.8 Å². The van der Waals surface area contributed by atoms with Crippen LogP contribution in [0.15, 0.2) is 24.3 Å². The number of carbonyl (C=O) groups excluding carboxylic acids is 2. The molecule has 23 heavy (non-hydrogen) atoms. The maximum atomic E-state index is 12.4. The predicted octanol–water partition coefficient (Wildman–Crippen LogP) is 3.60. The summed E-state index contributed by atoms with van der Waals surface area (Å²) in [5.41, 5.74) is 1.80.